The molecule has 138 valence electrons. The van der Waals surface area contributed by atoms with Crippen molar-refractivity contribution in [3.05, 3.63) is 28.8 Å². The molecule has 9 heteroatoms. The third-order valence-corrected chi connectivity index (χ3v) is 5.37. The smallest absolute Gasteiger partial charge is 0.305 e. The Morgan fingerprint density at radius 1 is 1.40 bits per heavy atom. The maximum atomic E-state index is 12.8. The predicted octanol–water partition coefficient (Wildman–Crippen LogP) is 1.84. The third-order valence-electron chi connectivity index (χ3n) is 3.93. The highest BCUT2D eigenvalue weighted by molar-refractivity contribution is 7.90. The van der Waals surface area contributed by atoms with Gasteiger partial charge >= 0.3 is 5.97 Å². The van der Waals surface area contributed by atoms with E-state index in [-0.39, 0.29) is 41.1 Å². The summed E-state index contributed by atoms with van der Waals surface area (Å²) in [4.78, 5) is 25.1. The summed E-state index contributed by atoms with van der Waals surface area (Å²) < 4.78 is 28.9. The van der Waals surface area contributed by atoms with Crippen LogP contribution in [0.3, 0.4) is 0 Å². The summed E-state index contributed by atoms with van der Waals surface area (Å²) >= 11 is 6.07. The number of hydrogen-bond donors (Lipinski definition) is 1. The number of rotatable bonds is 7. The summed E-state index contributed by atoms with van der Waals surface area (Å²) in [5, 5.41) is 9.02. The average Bonchev–Trinajstić information content (AvgIpc) is 3.03. The highest BCUT2D eigenvalue weighted by atomic mass is 35.5. The zero-order chi connectivity index (χ0) is 18.6. The SMILES string of the molecule is CS(=O)(=O)c1ccc(Cl)c(C(=O)N(CCC(=O)O)C[C@@H]2CCCO2)c1. The van der Waals surface area contributed by atoms with Crippen molar-refractivity contribution in [3.8, 4) is 0 Å². The van der Waals surface area contributed by atoms with Crippen molar-refractivity contribution in [2.75, 3.05) is 26.0 Å². The van der Waals surface area contributed by atoms with Crippen molar-refractivity contribution < 1.29 is 27.9 Å². The highest BCUT2D eigenvalue weighted by Gasteiger charge is 2.26. The zero-order valence-corrected chi connectivity index (χ0v) is 15.3. The van der Waals surface area contributed by atoms with E-state index in [4.69, 9.17) is 21.4 Å². The second kappa shape index (κ2) is 8.16. The number of carbonyl (C=O) groups is 2. The van der Waals surface area contributed by atoms with Gasteiger partial charge in [-0.3, -0.25) is 9.59 Å². The molecule has 0 bridgehead atoms. The van der Waals surface area contributed by atoms with Crippen molar-refractivity contribution in [1.29, 1.82) is 0 Å². The van der Waals surface area contributed by atoms with Crippen molar-refractivity contribution in [2.45, 2.75) is 30.3 Å². The number of carboxylic acids is 1. The number of nitrogens with zero attached hydrogens (tertiary/aromatic N) is 1. The predicted molar refractivity (Wildman–Crippen MR) is 91.7 cm³/mol. The lowest BCUT2D eigenvalue weighted by atomic mass is 10.1. The molecule has 1 aliphatic heterocycles. The van der Waals surface area contributed by atoms with Gasteiger partial charge in [0.25, 0.3) is 5.91 Å². The zero-order valence-electron chi connectivity index (χ0n) is 13.8. The first-order valence-electron chi connectivity index (χ1n) is 7.81. The standard InChI is InChI=1S/C16H20ClNO6S/c1-25(22,23)12-4-5-14(17)13(9-12)16(21)18(7-6-15(19)20)10-11-3-2-8-24-11/h4-5,9,11H,2-3,6-8,10H2,1H3,(H,19,20)/t11-/m0/s1. The lowest BCUT2D eigenvalue weighted by Gasteiger charge is -2.25. The molecule has 1 atom stereocenters. The Labute approximate surface area is 151 Å². The first kappa shape index (κ1) is 19.7. The van der Waals surface area contributed by atoms with E-state index in [0.29, 0.717) is 6.61 Å². The van der Waals surface area contributed by atoms with Gasteiger partial charge in [0.15, 0.2) is 9.84 Å². The lowest BCUT2D eigenvalue weighted by Crippen LogP contribution is -2.39. The van der Waals surface area contributed by atoms with Crippen LogP contribution in [0.2, 0.25) is 5.02 Å². The molecule has 1 aliphatic rings. The van der Waals surface area contributed by atoms with Crippen LogP contribution in [0.4, 0.5) is 0 Å². The number of benzene rings is 1. The first-order valence-corrected chi connectivity index (χ1v) is 10.1. The van der Waals surface area contributed by atoms with Crippen LogP contribution in [0.25, 0.3) is 0 Å². The van der Waals surface area contributed by atoms with Gasteiger partial charge in [0.05, 0.1) is 28.0 Å². The van der Waals surface area contributed by atoms with Gasteiger partial charge in [-0.25, -0.2) is 8.42 Å². The maximum absolute atomic E-state index is 12.8. The fourth-order valence-electron chi connectivity index (χ4n) is 2.61. The molecule has 1 saturated heterocycles. The molecular weight excluding hydrogens is 370 g/mol. The van der Waals surface area contributed by atoms with Crippen LogP contribution in [0.15, 0.2) is 23.1 Å². The molecule has 0 aliphatic carbocycles. The minimum absolute atomic E-state index is 0.00649. The Morgan fingerprint density at radius 3 is 2.68 bits per heavy atom. The fraction of sp³-hybridized carbons (Fsp3) is 0.500. The van der Waals surface area contributed by atoms with E-state index >= 15 is 0 Å². The van der Waals surface area contributed by atoms with Crippen LogP contribution >= 0.6 is 11.6 Å². The number of halogens is 1. The molecule has 1 aromatic rings. The molecule has 0 spiro atoms. The highest BCUT2D eigenvalue weighted by Crippen LogP contribution is 2.23. The number of ether oxygens (including phenoxy) is 1. The van der Waals surface area contributed by atoms with Gasteiger partial charge in [-0.1, -0.05) is 11.6 Å². The summed E-state index contributed by atoms with van der Waals surface area (Å²) in [6, 6.07) is 3.91. The normalized spacial score (nSPS) is 17.4. The quantitative estimate of drug-likeness (QED) is 0.763. The van der Waals surface area contributed by atoms with Crippen LogP contribution in [-0.2, 0) is 19.4 Å². The summed E-state index contributed by atoms with van der Waals surface area (Å²) in [6.07, 6.45) is 2.33. The third kappa shape index (κ3) is 5.42. The van der Waals surface area contributed by atoms with Crippen LogP contribution in [0.5, 0.6) is 0 Å². The molecule has 1 aromatic carbocycles. The molecule has 25 heavy (non-hydrogen) atoms. The van der Waals surface area contributed by atoms with E-state index < -0.39 is 21.7 Å². The Morgan fingerprint density at radius 2 is 2.12 bits per heavy atom. The van der Waals surface area contributed by atoms with Crippen molar-refractivity contribution in [2.24, 2.45) is 0 Å². The fourth-order valence-corrected chi connectivity index (χ4v) is 3.46. The van der Waals surface area contributed by atoms with E-state index in [9.17, 15) is 18.0 Å². The van der Waals surface area contributed by atoms with Gasteiger partial charge in [0.2, 0.25) is 0 Å². The van der Waals surface area contributed by atoms with Crippen molar-refractivity contribution in [3.63, 3.8) is 0 Å². The number of sulfone groups is 1. The number of carbonyl (C=O) groups excluding carboxylic acids is 1. The summed E-state index contributed by atoms with van der Waals surface area (Å²) in [5.74, 6) is -1.53. The maximum Gasteiger partial charge on any atom is 0.305 e. The van der Waals surface area contributed by atoms with E-state index in [1.54, 1.807) is 0 Å². The van der Waals surface area contributed by atoms with Gasteiger partial charge in [0, 0.05) is 26.0 Å². The van der Waals surface area contributed by atoms with Crippen LogP contribution in [0.1, 0.15) is 29.6 Å². The van der Waals surface area contributed by atoms with E-state index in [0.717, 1.165) is 19.1 Å². The largest absolute Gasteiger partial charge is 0.481 e. The van der Waals surface area contributed by atoms with Gasteiger partial charge in [-0.2, -0.15) is 0 Å². The summed E-state index contributed by atoms with van der Waals surface area (Å²) in [7, 11) is -3.50. The molecule has 0 unspecified atom stereocenters. The monoisotopic (exact) mass is 389 g/mol. The molecule has 0 radical (unpaired) electrons. The number of aliphatic carboxylic acids is 1. The Kier molecular flexibility index (Phi) is 6.42. The second-order valence-electron chi connectivity index (χ2n) is 5.94. The topological polar surface area (TPSA) is 101 Å². The number of amides is 1. The first-order chi connectivity index (χ1) is 11.7. The Balaban J connectivity index is 2.28. The molecular formula is C16H20ClNO6S. The number of hydrogen-bond acceptors (Lipinski definition) is 5. The molecule has 7 nitrogen and oxygen atoms in total. The molecule has 0 aromatic heterocycles. The molecule has 1 heterocycles. The molecule has 1 amide bonds. The molecule has 1 fully saturated rings. The molecule has 0 saturated carbocycles. The van der Waals surface area contributed by atoms with E-state index in [1.807, 2.05) is 0 Å². The van der Waals surface area contributed by atoms with Crippen molar-refractivity contribution in [1.82, 2.24) is 4.90 Å². The van der Waals surface area contributed by atoms with Gasteiger partial charge in [-0.05, 0) is 31.0 Å². The lowest BCUT2D eigenvalue weighted by molar-refractivity contribution is -0.137. The molecule has 1 N–H and O–H groups in total. The second-order valence-corrected chi connectivity index (χ2v) is 8.37. The van der Waals surface area contributed by atoms with Crippen LogP contribution < -0.4 is 0 Å². The Bertz CT molecular complexity index is 758. The minimum atomic E-state index is -3.50. The van der Waals surface area contributed by atoms with Gasteiger partial charge in [-0.15, -0.1) is 0 Å². The molecule has 2 rings (SSSR count). The minimum Gasteiger partial charge on any atom is -0.481 e. The summed E-state index contributed by atoms with van der Waals surface area (Å²) in [6.45, 7) is 0.842. The van der Waals surface area contributed by atoms with Crippen LogP contribution in [-0.4, -0.2) is 62.4 Å². The van der Waals surface area contributed by atoms with Crippen molar-refractivity contribution >= 4 is 33.3 Å². The average molecular weight is 390 g/mol. The van der Waals surface area contributed by atoms with E-state index in [2.05, 4.69) is 0 Å². The van der Waals surface area contributed by atoms with Gasteiger partial charge in [0.1, 0.15) is 0 Å². The Hall–Kier alpha value is -1.64. The van der Waals surface area contributed by atoms with E-state index in [1.165, 1.54) is 23.1 Å². The summed E-state index contributed by atoms with van der Waals surface area (Å²) in [5.41, 5.74) is 0.0352. The van der Waals surface area contributed by atoms with Crippen LogP contribution in [0, 0.1) is 0 Å². The van der Waals surface area contributed by atoms with Gasteiger partial charge < -0.3 is 14.7 Å². The number of carboxylic acid groups (broad SMARTS) is 1.